The summed E-state index contributed by atoms with van der Waals surface area (Å²) in [6.07, 6.45) is 9.37. The summed E-state index contributed by atoms with van der Waals surface area (Å²) >= 11 is 0. The van der Waals surface area contributed by atoms with Gasteiger partial charge in [0.25, 0.3) is 0 Å². The van der Waals surface area contributed by atoms with E-state index in [2.05, 4.69) is 26.8 Å². The van der Waals surface area contributed by atoms with Crippen LogP contribution in [0, 0.1) is 5.92 Å². The number of aromatic nitrogens is 3. The number of aliphatic hydroxyl groups excluding tert-OH is 1. The van der Waals surface area contributed by atoms with Crippen LogP contribution in [0.3, 0.4) is 0 Å². The fourth-order valence-corrected chi connectivity index (χ4v) is 3.92. The molecule has 1 N–H and O–H groups in total. The molecule has 1 aromatic heterocycles. The van der Waals surface area contributed by atoms with E-state index in [4.69, 9.17) is 0 Å². The lowest BCUT2D eigenvalue weighted by Crippen LogP contribution is -2.49. The second kappa shape index (κ2) is 8.22. The van der Waals surface area contributed by atoms with E-state index in [1.165, 1.54) is 32.1 Å². The molecule has 0 bridgehead atoms. The first-order valence-corrected chi connectivity index (χ1v) is 9.17. The van der Waals surface area contributed by atoms with Crippen molar-refractivity contribution in [2.45, 2.75) is 57.7 Å². The van der Waals surface area contributed by atoms with Crippen LogP contribution in [0.5, 0.6) is 0 Å². The summed E-state index contributed by atoms with van der Waals surface area (Å²) in [6.45, 7) is 8.18. The number of piperidine rings is 2. The highest BCUT2D eigenvalue weighted by Crippen LogP contribution is 2.20. The van der Waals surface area contributed by atoms with Gasteiger partial charge in [0.2, 0.25) is 0 Å². The van der Waals surface area contributed by atoms with Crippen LogP contribution in [0.15, 0.2) is 12.7 Å². The summed E-state index contributed by atoms with van der Waals surface area (Å²) in [4.78, 5) is 8.93. The first-order chi connectivity index (χ1) is 11.2. The summed E-state index contributed by atoms with van der Waals surface area (Å²) in [6, 6.07) is 0.474. The maximum absolute atomic E-state index is 10.5. The van der Waals surface area contributed by atoms with Crippen LogP contribution in [-0.2, 0) is 6.54 Å². The molecule has 2 aliphatic rings. The fraction of sp³-hybridized carbons (Fsp3) is 0.882. The van der Waals surface area contributed by atoms with Crippen LogP contribution in [-0.4, -0.2) is 74.5 Å². The molecule has 2 aliphatic heterocycles. The van der Waals surface area contributed by atoms with Gasteiger partial charge in [0, 0.05) is 19.1 Å². The number of nitrogens with zero attached hydrogens (tertiary/aromatic N) is 5. The lowest BCUT2D eigenvalue weighted by atomic mass is 9.98. The highest BCUT2D eigenvalue weighted by Gasteiger charge is 2.26. The van der Waals surface area contributed by atoms with E-state index in [0.717, 1.165) is 45.2 Å². The minimum absolute atomic E-state index is 0.250. The molecule has 2 saturated heterocycles. The molecule has 0 saturated carbocycles. The highest BCUT2D eigenvalue weighted by molar-refractivity contribution is 4.81. The van der Waals surface area contributed by atoms with Gasteiger partial charge in [0.15, 0.2) is 0 Å². The first kappa shape index (κ1) is 16.9. The van der Waals surface area contributed by atoms with Crippen molar-refractivity contribution in [2.75, 3.05) is 32.7 Å². The molecule has 6 nitrogen and oxygen atoms in total. The fourth-order valence-electron chi connectivity index (χ4n) is 3.92. The minimum atomic E-state index is -0.250. The lowest BCUT2D eigenvalue weighted by molar-refractivity contribution is 0.0322. The normalized spacial score (nSPS) is 26.4. The van der Waals surface area contributed by atoms with Crippen molar-refractivity contribution in [3.05, 3.63) is 12.7 Å². The molecule has 130 valence electrons. The molecule has 2 unspecified atom stereocenters. The molecule has 0 aliphatic carbocycles. The van der Waals surface area contributed by atoms with Gasteiger partial charge in [-0.1, -0.05) is 13.3 Å². The van der Waals surface area contributed by atoms with Crippen molar-refractivity contribution in [3.63, 3.8) is 0 Å². The highest BCUT2D eigenvalue weighted by atomic mass is 16.3. The third-order valence-electron chi connectivity index (χ3n) is 5.40. The molecule has 0 amide bonds. The summed E-state index contributed by atoms with van der Waals surface area (Å²) < 4.78 is 1.92. The molecule has 2 atom stereocenters. The molecule has 0 radical (unpaired) electrons. The van der Waals surface area contributed by atoms with Crippen LogP contribution in [0.25, 0.3) is 0 Å². The predicted octanol–water partition coefficient (Wildman–Crippen LogP) is 1.23. The third-order valence-corrected chi connectivity index (χ3v) is 5.40. The zero-order valence-corrected chi connectivity index (χ0v) is 14.3. The van der Waals surface area contributed by atoms with E-state index in [1.807, 2.05) is 4.68 Å². The molecule has 23 heavy (non-hydrogen) atoms. The third kappa shape index (κ3) is 4.99. The number of β-amino-alcohol motifs (C(OH)–C–C–N with tert-alkyl or cyclic N) is 1. The maximum atomic E-state index is 10.5. The minimum Gasteiger partial charge on any atom is -0.390 e. The molecule has 6 heteroatoms. The molecule has 0 spiro atoms. The molecule has 3 heterocycles. The Balaban J connectivity index is 1.48. The number of rotatable bonds is 6. The quantitative estimate of drug-likeness (QED) is 0.854. The second-order valence-corrected chi connectivity index (χ2v) is 7.40. The number of hydrogen-bond acceptors (Lipinski definition) is 5. The number of likely N-dealkylation sites (tertiary alicyclic amines) is 2. The summed E-state index contributed by atoms with van der Waals surface area (Å²) in [7, 11) is 0. The van der Waals surface area contributed by atoms with Gasteiger partial charge >= 0.3 is 0 Å². The van der Waals surface area contributed by atoms with E-state index in [9.17, 15) is 5.11 Å². The Kier molecular flexibility index (Phi) is 6.02. The standard InChI is InChI=1S/C17H31N5O/c1-15-5-8-20(9-6-15)11-17(23)12-21-7-3-2-4-16(21)10-22-14-18-13-19-22/h13-17,23H,2-12H2,1H3. The van der Waals surface area contributed by atoms with E-state index in [-0.39, 0.29) is 6.10 Å². The van der Waals surface area contributed by atoms with Crippen LogP contribution < -0.4 is 0 Å². The summed E-state index contributed by atoms with van der Waals surface area (Å²) in [5, 5.41) is 14.8. The average Bonchev–Trinajstić information content (AvgIpc) is 3.05. The Hall–Kier alpha value is -0.980. The van der Waals surface area contributed by atoms with E-state index in [1.54, 1.807) is 12.7 Å². The second-order valence-electron chi connectivity index (χ2n) is 7.40. The Morgan fingerprint density at radius 3 is 2.70 bits per heavy atom. The number of aliphatic hydroxyl groups is 1. The van der Waals surface area contributed by atoms with Crippen molar-refractivity contribution in [1.29, 1.82) is 0 Å². The Bertz CT molecular complexity index is 444. The van der Waals surface area contributed by atoms with Gasteiger partial charge < -0.3 is 10.0 Å². The molecule has 0 aromatic carbocycles. The monoisotopic (exact) mass is 321 g/mol. The van der Waals surface area contributed by atoms with Gasteiger partial charge in [-0.3, -0.25) is 9.58 Å². The van der Waals surface area contributed by atoms with Crippen molar-refractivity contribution in [1.82, 2.24) is 24.6 Å². The van der Waals surface area contributed by atoms with E-state index >= 15 is 0 Å². The lowest BCUT2D eigenvalue weighted by Gasteiger charge is -2.38. The zero-order chi connectivity index (χ0) is 16.1. The Morgan fingerprint density at radius 2 is 1.96 bits per heavy atom. The van der Waals surface area contributed by atoms with Crippen LogP contribution >= 0.6 is 0 Å². The SMILES string of the molecule is CC1CCN(CC(O)CN2CCCCC2Cn2cncn2)CC1. The van der Waals surface area contributed by atoms with Gasteiger partial charge in [0.05, 0.1) is 12.6 Å². The molecular formula is C17H31N5O. The maximum Gasteiger partial charge on any atom is 0.137 e. The summed E-state index contributed by atoms with van der Waals surface area (Å²) in [5.74, 6) is 0.845. The predicted molar refractivity (Wildman–Crippen MR) is 90.1 cm³/mol. The molecular weight excluding hydrogens is 290 g/mol. The van der Waals surface area contributed by atoms with Crippen molar-refractivity contribution in [3.8, 4) is 0 Å². The Morgan fingerprint density at radius 1 is 1.13 bits per heavy atom. The molecule has 3 rings (SSSR count). The molecule has 1 aromatic rings. The van der Waals surface area contributed by atoms with Gasteiger partial charge in [-0.25, -0.2) is 4.98 Å². The van der Waals surface area contributed by atoms with Gasteiger partial charge in [0.1, 0.15) is 12.7 Å². The van der Waals surface area contributed by atoms with E-state index in [0.29, 0.717) is 6.04 Å². The van der Waals surface area contributed by atoms with Crippen molar-refractivity contribution < 1.29 is 5.11 Å². The van der Waals surface area contributed by atoms with Crippen LogP contribution in [0.1, 0.15) is 39.0 Å². The van der Waals surface area contributed by atoms with Crippen molar-refractivity contribution >= 4 is 0 Å². The summed E-state index contributed by atoms with van der Waals surface area (Å²) in [5.41, 5.74) is 0. The smallest absolute Gasteiger partial charge is 0.137 e. The molecule has 2 fully saturated rings. The van der Waals surface area contributed by atoms with Crippen molar-refractivity contribution in [2.24, 2.45) is 5.92 Å². The Labute approximate surface area is 139 Å². The average molecular weight is 321 g/mol. The van der Waals surface area contributed by atoms with E-state index < -0.39 is 0 Å². The van der Waals surface area contributed by atoms with Gasteiger partial charge in [-0.2, -0.15) is 5.10 Å². The van der Waals surface area contributed by atoms with Crippen LogP contribution in [0.4, 0.5) is 0 Å². The van der Waals surface area contributed by atoms with Crippen LogP contribution in [0.2, 0.25) is 0 Å². The largest absolute Gasteiger partial charge is 0.390 e. The number of hydrogen-bond donors (Lipinski definition) is 1. The zero-order valence-electron chi connectivity index (χ0n) is 14.3. The van der Waals surface area contributed by atoms with Gasteiger partial charge in [-0.15, -0.1) is 0 Å². The first-order valence-electron chi connectivity index (χ1n) is 9.17. The van der Waals surface area contributed by atoms with Gasteiger partial charge in [-0.05, 0) is 51.2 Å². The topological polar surface area (TPSA) is 57.4 Å².